The van der Waals surface area contributed by atoms with Gasteiger partial charge in [-0.1, -0.05) is 27.7 Å². The van der Waals surface area contributed by atoms with Crippen LogP contribution in [0.1, 0.15) is 50.0 Å². The number of hydrogen-bond acceptors (Lipinski definition) is 3. The lowest BCUT2D eigenvalue weighted by molar-refractivity contribution is -0.115. The van der Waals surface area contributed by atoms with Crippen LogP contribution in [0.4, 0.5) is 5.69 Å². The number of carbonyl (C=O) groups is 2. The molecule has 0 unspecified atom stereocenters. The van der Waals surface area contributed by atoms with Crippen LogP contribution >= 0.6 is 0 Å². The van der Waals surface area contributed by atoms with Crippen molar-refractivity contribution in [1.29, 1.82) is 0 Å². The number of anilines is 1. The van der Waals surface area contributed by atoms with E-state index in [1.807, 2.05) is 26.8 Å². The van der Waals surface area contributed by atoms with Crippen LogP contribution in [0.5, 0.6) is 5.75 Å². The molecule has 0 aliphatic carbocycles. The summed E-state index contributed by atoms with van der Waals surface area (Å²) in [5.41, 5.74) is 6.87. The summed E-state index contributed by atoms with van der Waals surface area (Å²) in [7, 11) is 1.44. The van der Waals surface area contributed by atoms with Crippen LogP contribution in [0.3, 0.4) is 0 Å². The Kier molecular flexibility index (Phi) is 4.76. The van der Waals surface area contributed by atoms with E-state index in [9.17, 15) is 9.59 Å². The molecule has 0 radical (unpaired) electrons. The number of nitrogens with one attached hydrogen (secondary N) is 1. The Bertz CT molecular complexity index is 531. The van der Waals surface area contributed by atoms with E-state index < -0.39 is 5.91 Å². The smallest absolute Gasteiger partial charge is 0.252 e. The standard InChI is InChI=1S/C15H22N2O3/c1-6-12(18)17-11-8-9(15(2,3)4)7-10(14(16)19)13(11)20-5/h7-8H,6H2,1-5H3,(H2,16,19)(H,17,18). The highest BCUT2D eigenvalue weighted by molar-refractivity contribution is 6.00. The molecule has 2 amide bonds. The van der Waals surface area contributed by atoms with Crippen molar-refractivity contribution in [3.63, 3.8) is 0 Å². The normalized spacial score (nSPS) is 11.1. The second-order valence-corrected chi connectivity index (χ2v) is 5.62. The van der Waals surface area contributed by atoms with Crippen molar-refractivity contribution in [1.82, 2.24) is 0 Å². The van der Waals surface area contributed by atoms with Gasteiger partial charge in [0, 0.05) is 6.42 Å². The van der Waals surface area contributed by atoms with E-state index in [1.54, 1.807) is 13.0 Å². The van der Waals surface area contributed by atoms with Crippen LogP contribution < -0.4 is 15.8 Å². The maximum atomic E-state index is 11.6. The first-order chi connectivity index (χ1) is 9.20. The average Bonchev–Trinajstić information content (AvgIpc) is 2.36. The second-order valence-electron chi connectivity index (χ2n) is 5.62. The van der Waals surface area contributed by atoms with Crippen molar-refractivity contribution in [2.75, 3.05) is 12.4 Å². The lowest BCUT2D eigenvalue weighted by Crippen LogP contribution is -2.19. The molecule has 0 aliphatic rings. The van der Waals surface area contributed by atoms with Gasteiger partial charge in [0.05, 0.1) is 18.4 Å². The molecular weight excluding hydrogens is 256 g/mol. The number of carbonyl (C=O) groups excluding carboxylic acids is 2. The molecule has 0 spiro atoms. The van der Waals surface area contributed by atoms with Crippen molar-refractivity contribution >= 4 is 17.5 Å². The van der Waals surface area contributed by atoms with Gasteiger partial charge in [-0.25, -0.2) is 0 Å². The number of primary amides is 1. The van der Waals surface area contributed by atoms with E-state index in [2.05, 4.69) is 5.32 Å². The Morgan fingerprint density at radius 1 is 1.30 bits per heavy atom. The molecule has 20 heavy (non-hydrogen) atoms. The average molecular weight is 278 g/mol. The lowest BCUT2D eigenvalue weighted by Gasteiger charge is -2.23. The molecular formula is C15H22N2O3. The van der Waals surface area contributed by atoms with Crippen molar-refractivity contribution < 1.29 is 14.3 Å². The zero-order valence-electron chi connectivity index (χ0n) is 12.7. The number of amides is 2. The van der Waals surface area contributed by atoms with Gasteiger partial charge < -0.3 is 15.8 Å². The molecule has 0 atom stereocenters. The summed E-state index contributed by atoms with van der Waals surface area (Å²) in [6, 6.07) is 3.53. The molecule has 110 valence electrons. The van der Waals surface area contributed by atoms with Crippen LogP contribution in [0, 0.1) is 0 Å². The summed E-state index contributed by atoms with van der Waals surface area (Å²) in [6.07, 6.45) is 0.342. The Morgan fingerprint density at radius 2 is 1.90 bits per heavy atom. The molecule has 1 rings (SSSR count). The minimum atomic E-state index is -0.583. The molecule has 0 fully saturated rings. The fourth-order valence-electron chi connectivity index (χ4n) is 1.80. The highest BCUT2D eigenvalue weighted by Crippen LogP contribution is 2.35. The zero-order chi connectivity index (χ0) is 15.5. The molecule has 0 aliphatic heterocycles. The molecule has 1 aromatic carbocycles. The third-order valence-corrected chi connectivity index (χ3v) is 3.02. The summed E-state index contributed by atoms with van der Waals surface area (Å²) in [5.74, 6) is -0.433. The van der Waals surface area contributed by atoms with Crippen LogP contribution in [0.15, 0.2) is 12.1 Å². The SMILES string of the molecule is CCC(=O)Nc1cc(C(C)(C)C)cc(C(N)=O)c1OC. The van der Waals surface area contributed by atoms with Crippen LogP contribution in [-0.2, 0) is 10.2 Å². The Morgan fingerprint density at radius 3 is 2.30 bits per heavy atom. The fourth-order valence-corrected chi connectivity index (χ4v) is 1.80. The number of nitrogens with two attached hydrogens (primary N) is 1. The predicted molar refractivity (Wildman–Crippen MR) is 79.1 cm³/mol. The Balaban J connectivity index is 3.49. The number of ether oxygens (including phenoxy) is 1. The summed E-state index contributed by atoms with van der Waals surface area (Å²) in [6.45, 7) is 7.81. The van der Waals surface area contributed by atoms with Gasteiger partial charge in [0.25, 0.3) is 5.91 Å². The second kappa shape index (κ2) is 5.94. The van der Waals surface area contributed by atoms with Gasteiger partial charge in [0.15, 0.2) is 5.75 Å². The van der Waals surface area contributed by atoms with Gasteiger partial charge in [0.1, 0.15) is 0 Å². The molecule has 0 heterocycles. The van der Waals surface area contributed by atoms with Gasteiger partial charge in [0.2, 0.25) is 5.91 Å². The Labute approximate surface area is 119 Å². The first kappa shape index (κ1) is 16.0. The van der Waals surface area contributed by atoms with Gasteiger partial charge in [-0.2, -0.15) is 0 Å². The molecule has 1 aromatic rings. The van der Waals surface area contributed by atoms with E-state index in [0.717, 1.165) is 5.56 Å². The van der Waals surface area contributed by atoms with E-state index in [4.69, 9.17) is 10.5 Å². The Hall–Kier alpha value is -2.04. The van der Waals surface area contributed by atoms with Crippen LogP contribution in [-0.4, -0.2) is 18.9 Å². The predicted octanol–water partition coefficient (Wildman–Crippen LogP) is 2.44. The van der Waals surface area contributed by atoms with E-state index in [1.165, 1.54) is 7.11 Å². The third-order valence-electron chi connectivity index (χ3n) is 3.02. The molecule has 3 N–H and O–H groups in total. The maximum absolute atomic E-state index is 11.6. The molecule has 5 heteroatoms. The topological polar surface area (TPSA) is 81.4 Å². The van der Waals surface area contributed by atoms with E-state index in [-0.39, 0.29) is 16.9 Å². The van der Waals surface area contributed by atoms with Gasteiger partial charge in [-0.3, -0.25) is 9.59 Å². The van der Waals surface area contributed by atoms with Crippen LogP contribution in [0.25, 0.3) is 0 Å². The first-order valence-electron chi connectivity index (χ1n) is 6.52. The number of methoxy groups -OCH3 is 1. The van der Waals surface area contributed by atoms with Gasteiger partial charge in [-0.05, 0) is 23.1 Å². The third kappa shape index (κ3) is 3.50. The summed E-state index contributed by atoms with van der Waals surface area (Å²) < 4.78 is 5.24. The zero-order valence-corrected chi connectivity index (χ0v) is 12.7. The highest BCUT2D eigenvalue weighted by Gasteiger charge is 2.22. The quantitative estimate of drug-likeness (QED) is 0.887. The number of rotatable bonds is 4. The summed E-state index contributed by atoms with van der Waals surface area (Å²) in [4.78, 5) is 23.2. The highest BCUT2D eigenvalue weighted by atomic mass is 16.5. The minimum absolute atomic E-state index is 0.148. The van der Waals surface area contributed by atoms with Crippen molar-refractivity contribution in [3.8, 4) is 5.75 Å². The molecule has 0 bridgehead atoms. The summed E-state index contributed by atoms with van der Waals surface area (Å²) >= 11 is 0. The summed E-state index contributed by atoms with van der Waals surface area (Å²) in [5, 5.41) is 2.75. The molecule has 0 aromatic heterocycles. The van der Waals surface area contributed by atoms with E-state index in [0.29, 0.717) is 17.9 Å². The fraction of sp³-hybridized carbons (Fsp3) is 0.467. The van der Waals surface area contributed by atoms with Gasteiger partial charge in [-0.15, -0.1) is 0 Å². The van der Waals surface area contributed by atoms with Crippen LogP contribution in [0.2, 0.25) is 0 Å². The number of benzene rings is 1. The molecule has 0 saturated heterocycles. The monoisotopic (exact) mass is 278 g/mol. The molecule has 0 saturated carbocycles. The minimum Gasteiger partial charge on any atom is -0.494 e. The largest absolute Gasteiger partial charge is 0.494 e. The van der Waals surface area contributed by atoms with E-state index >= 15 is 0 Å². The lowest BCUT2D eigenvalue weighted by atomic mass is 9.85. The van der Waals surface area contributed by atoms with Crippen molar-refractivity contribution in [2.45, 2.75) is 39.5 Å². The number of hydrogen-bond donors (Lipinski definition) is 2. The first-order valence-corrected chi connectivity index (χ1v) is 6.52. The van der Waals surface area contributed by atoms with Gasteiger partial charge >= 0.3 is 0 Å². The van der Waals surface area contributed by atoms with Crippen molar-refractivity contribution in [2.24, 2.45) is 5.73 Å². The van der Waals surface area contributed by atoms with Crippen molar-refractivity contribution in [3.05, 3.63) is 23.3 Å². The molecule has 5 nitrogen and oxygen atoms in total. The maximum Gasteiger partial charge on any atom is 0.252 e.